The molecule has 0 fully saturated rings. The van der Waals surface area contributed by atoms with Crippen molar-refractivity contribution in [1.29, 1.82) is 0 Å². The number of amides is 1. The average molecular weight is 424 g/mol. The summed E-state index contributed by atoms with van der Waals surface area (Å²) in [6, 6.07) is 20.8. The maximum atomic E-state index is 12.9. The van der Waals surface area contributed by atoms with E-state index >= 15 is 0 Å². The summed E-state index contributed by atoms with van der Waals surface area (Å²) in [7, 11) is -3.78. The van der Waals surface area contributed by atoms with Crippen LogP contribution in [0.5, 0.6) is 0 Å². The van der Waals surface area contributed by atoms with Crippen LogP contribution in [0.3, 0.4) is 0 Å². The number of carbonyl (C=O) groups excluding carboxylic acids is 1. The predicted molar refractivity (Wildman–Crippen MR) is 121 cm³/mol. The maximum Gasteiger partial charge on any atom is 0.262 e. The van der Waals surface area contributed by atoms with Crippen LogP contribution in [0.25, 0.3) is 0 Å². The third-order valence-electron chi connectivity index (χ3n) is 4.57. The lowest BCUT2D eigenvalue weighted by atomic mass is 10.2. The summed E-state index contributed by atoms with van der Waals surface area (Å²) in [5.74, 6) is -0.218. The number of carbonyl (C=O) groups is 1. The van der Waals surface area contributed by atoms with E-state index in [1.165, 1.54) is 0 Å². The standard InChI is InChI=1S/C23H25N3O3S/c1-16-8-7-11-21(14-16)26-30(28,29)22-15-20(13-12-17(22)2)24-18(3)23(27)25-19-9-5-4-6-10-19/h4-15,18,24,26H,1-3H3,(H,25,27)/t18-/m0/s1. The Kier molecular flexibility index (Phi) is 6.42. The first-order chi connectivity index (χ1) is 14.2. The number of nitrogens with one attached hydrogen (secondary N) is 3. The second kappa shape index (κ2) is 9.00. The van der Waals surface area contributed by atoms with Crippen LogP contribution in [-0.4, -0.2) is 20.4 Å². The highest BCUT2D eigenvalue weighted by Gasteiger charge is 2.19. The molecule has 0 aliphatic heterocycles. The van der Waals surface area contributed by atoms with Gasteiger partial charge in [-0.3, -0.25) is 9.52 Å². The molecule has 0 unspecified atom stereocenters. The summed E-state index contributed by atoms with van der Waals surface area (Å²) in [5, 5.41) is 5.89. The van der Waals surface area contributed by atoms with Crippen molar-refractivity contribution in [3.8, 4) is 0 Å². The van der Waals surface area contributed by atoms with Gasteiger partial charge in [0.1, 0.15) is 6.04 Å². The minimum atomic E-state index is -3.78. The monoisotopic (exact) mass is 423 g/mol. The molecule has 1 amide bonds. The quantitative estimate of drug-likeness (QED) is 0.521. The van der Waals surface area contributed by atoms with Crippen molar-refractivity contribution in [2.75, 3.05) is 15.4 Å². The number of benzene rings is 3. The van der Waals surface area contributed by atoms with E-state index in [-0.39, 0.29) is 10.8 Å². The number of aryl methyl sites for hydroxylation is 2. The van der Waals surface area contributed by atoms with E-state index in [4.69, 9.17) is 0 Å². The zero-order valence-electron chi connectivity index (χ0n) is 17.1. The second-order valence-corrected chi connectivity index (χ2v) is 8.83. The molecule has 0 aliphatic carbocycles. The van der Waals surface area contributed by atoms with Gasteiger partial charge in [0.15, 0.2) is 0 Å². The molecule has 0 saturated carbocycles. The molecular formula is C23H25N3O3S. The summed E-state index contributed by atoms with van der Waals surface area (Å²) in [6.45, 7) is 5.35. The molecule has 3 rings (SSSR count). The fourth-order valence-electron chi connectivity index (χ4n) is 2.99. The number of hydrogen-bond acceptors (Lipinski definition) is 4. The summed E-state index contributed by atoms with van der Waals surface area (Å²) < 4.78 is 28.5. The fourth-order valence-corrected chi connectivity index (χ4v) is 4.31. The van der Waals surface area contributed by atoms with Gasteiger partial charge in [0.05, 0.1) is 4.90 Å². The molecule has 3 aromatic rings. The Labute approximate surface area is 177 Å². The molecule has 6 nitrogen and oxygen atoms in total. The number of hydrogen-bond donors (Lipinski definition) is 3. The summed E-state index contributed by atoms with van der Waals surface area (Å²) >= 11 is 0. The summed E-state index contributed by atoms with van der Waals surface area (Å²) in [6.07, 6.45) is 0. The van der Waals surface area contributed by atoms with Crippen LogP contribution in [0, 0.1) is 13.8 Å². The lowest BCUT2D eigenvalue weighted by Crippen LogP contribution is -2.32. The van der Waals surface area contributed by atoms with Gasteiger partial charge in [-0.2, -0.15) is 0 Å². The molecule has 3 N–H and O–H groups in total. The third-order valence-corrected chi connectivity index (χ3v) is 6.09. The Bertz CT molecular complexity index is 1150. The van der Waals surface area contributed by atoms with Crippen molar-refractivity contribution in [2.45, 2.75) is 31.7 Å². The van der Waals surface area contributed by atoms with Gasteiger partial charge < -0.3 is 10.6 Å². The van der Waals surface area contributed by atoms with Crippen LogP contribution < -0.4 is 15.4 Å². The predicted octanol–water partition coefficient (Wildman–Crippen LogP) is 4.54. The first-order valence-electron chi connectivity index (χ1n) is 9.57. The van der Waals surface area contributed by atoms with Gasteiger partial charge in [-0.15, -0.1) is 0 Å². The highest BCUT2D eigenvalue weighted by molar-refractivity contribution is 7.92. The summed E-state index contributed by atoms with van der Waals surface area (Å²) in [4.78, 5) is 12.6. The molecule has 0 bridgehead atoms. The fraction of sp³-hybridized carbons (Fsp3) is 0.174. The van der Waals surface area contributed by atoms with E-state index < -0.39 is 16.1 Å². The van der Waals surface area contributed by atoms with Crippen LogP contribution in [0.15, 0.2) is 77.7 Å². The van der Waals surface area contributed by atoms with Gasteiger partial charge >= 0.3 is 0 Å². The van der Waals surface area contributed by atoms with E-state index in [0.29, 0.717) is 22.6 Å². The van der Waals surface area contributed by atoms with Crippen molar-refractivity contribution in [3.05, 3.63) is 83.9 Å². The molecule has 1 atom stereocenters. The molecule has 0 aromatic heterocycles. The highest BCUT2D eigenvalue weighted by Crippen LogP contribution is 2.24. The first kappa shape index (κ1) is 21.4. The van der Waals surface area contributed by atoms with Gasteiger partial charge in [-0.1, -0.05) is 36.4 Å². The average Bonchev–Trinajstić information content (AvgIpc) is 2.69. The lowest BCUT2D eigenvalue weighted by molar-refractivity contribution is -0.116. The van der Waals surface area contributed by atoms with Crippen LogP contribution in [0.1, 0.15) is 18.1 Å². The highest BCUT2D eigenvalue weighted by atomic mass is 32.2. The Balaban J connectivity index is 1.76. The molecule has 3 aromatic carbocycles. The van der Waals surface area contributed by atoms with Crippen molar-refractivity contribution >= 4 is 33.0 Å². The summed E-state index contributed by atoms with van der Waals surface area (Å²) in [5.41, 5.74) is 3.32. The number of rotatable bonds is 7. The van der Waals surface area contributed by atoms with E-state index in [9.17, 15) is 13.2 Å². The smallest absolute Gasteiger partial charge is 0.262 e. The lowest BCUT2D eigenvalue weighted by Gasteiger charge is -2.17. The van der Waals surface area contributed by atoms with Gasteiger partial charge in [0.2, 0.25) is 5.91 Å². The van der Waals surface area contributed by atoms with Crippen LogP contribution in [0.2, 0.25) is 0 Å². The Morgan fingerprint density at radius 3 is 2.23 bits per heavy atom. The number of anilines is 3. The zero-order valence-corrected chi connectivity index (χ0v) is 18.0. The van der Waals surface area contributed by atoms with Crippen molar-refractivity contribution in [1.82, 2.24) is 0 Å². The van der Waals surface area contributed by atoms with Gasteiger partial charge in [0, 0.05) is 17.1 Å². The molecule has 30 heavy (non-hydrogen) atoms. The van der Waals surface area contributed by atoms with Crippen LogP contribution in [-0.2, 0) is 14.8 Å². The van der Waals surface area contributed by atoms with Crippen LogP contribution in [0.4, 0.5) is 17.1 Å². The van der Waals surface area contributed by atoms with Gasteiger partial charge in [-0.05, 0) is 68.3 Å². The van der Waals surface area contributed by atoms with E-state index in [2.05, 4.69) is 15.4 Å². The van der Waals surface area contributed by atoms with E-state index in [1.807, 2.05) is 31.2 Å². The SMILES string of the molecule is Cc1cccc(NS(=O)(=O)c2cc(N[C@@H](C)C(=O)Nc3ccccc3)ccc2C)c1. The second-order valence-electron chi connectivity index (χ2n) is 7.18. The Morgan fingerprint density at radius 1 is 0.833 bits per heavy atom. The largest absolute Gasteiger partial charge is 0.374 e. The Hall–Kier alpha value is -3.32. The van der Waals surface area contributed by atoms with Crippen molar-refractivity contribution in [3.63, 3.8) is 0 Å². The molecule has 0 saturated heterocycles. The van der Waals surface area contributed by atoms with Crippen molar-refractivity contribution < 1.29 is 13.2 Å². The minimum absolute atomic E-state index is 0.157. The number of para-hydroxylation sites is 1. The molecule has 0 spiro atoms. The third kappa shape index (κ3) is 5.39. The van der Waals surface area contributed by atoms with Crippen molar-refractivity contribution in [2.24, 2.45) is 0 Å². The zero-order chi connectivity index (χ0) is 21.7. The Morgan fingerprint density at radius 2 is 1.53 bits per heavy atom. The molecule has 156 valence electrons. The van der Waals surface area contributed by atoms with Gasteiger partial charge in [-0.25, -0.2) is 8.42 Å². The molecule has 0 radical (unpaired) electrons. The van der Waals surface area contributed by atoms with Crippen LogP contribution >= 0.6 is 0 Å². The minimum Gasteiger partial charge on any atom is -0.374 e. The molecule has 0 heterocycles. The first-order valence-corrected chi connectivity index (χ1v) is 11.1. The number of sulfonamides is 1. The van der Waals surface area contributed by atoms with Gasteiger partial charge in [0.25, 0.3) is 10.0 Å². The normalized spacial score (nSPS) is 12.1. The molecular weight excluding hydrogens is 398 g/mol. The maximum absolute atomic E-state index is 12.9. The molecule has 7 heteroatoms. The van der Waals surface area contributed by atoms with E-state index in [0.717, 1.165) is 5.56 Å². The molecule has 0 aliphatic rings. The van der Waals surface area contributed by atoms with E-state index in [1.54, 1.807) is 62.4 Å². The topological polar surface area (TPSA) is 87.3 Å².